The van der Waals surface area contributed by atoms with Gasteiger partial charge < -0.3 is 32.3 Å². The lowest BCUT2D eigenvalue weighted by molar-refractivity contribution is -0.482. The van der Waals surface area contributed by atoms with Crippen molar-refractivity contribution in [2.75, 3.05) is 13.2 Å². The Balaban J connectivity index is -0.000000824. The molecule has 62 heteroatoms. The number of rotatable bonds is 30. The molecule has 0 spiro atoms. The van der Waals surface area contributed by atoms with Crippen LogP contribution in [0.1, 0.15) is 12.8 Å². The number of aliphatic hydroxyl groups is 2. The van der Waals surface area contributed by atoms with Gasteiger partial charge in [-0.3, -0.25) is 0 Å². The SMILES string of the molecule is O=[P+]([O-])OCC(O)CC(F)(F)C(F)(F)C(F)(F)C(F)(F)C(F)(F)C(F)(F)C(F)(F)C(F)(F)C(F)(F)C(F)(F)C(F)(F)C(F)(F)F.O=[P+]([O-])OCC(O)CC(F)(F)C(F)(F)C(F)(F)C(F)(F)C(F)(F)C(F)(F)C(F)(F)C(F)(F)C(F)(F)C(F)(F)C(F)(F)C(F)(F)F.[NH4+].[NH4+]. The minimum atomic E-state index is -9.68. The second-order valence-corrected chi connectivity index (χ2v) is 18.1. The van der Waals surface area contributed by atoms with Crippen molar-refractivity contribution in [2.24, 2.45) is 0 Å². The highest BCUT2D eigenvalue weighted by Gasteiger charge is 3.02. The van der Waals surface area contributed by atoms with Gasteiger partial charge in [0.05, 0.1) is 12.2 Å². The average molecular weight is 1550 g/mol. The molecule has 0 aliphatic rings. The van der Waals surface area contributed by atoms with Crippen LogP contribution in [-0.2, 0) is 18.2 Å². The quantitative estimate of drug-likeness (QED) is 0.0400. The first-order chi connectivity index (χ1) is 38.1. The van der Waals surface area contributed by atoms with Gasteiger partial charge in [0.15, 0.2) is 0 Å². The molecule has 10 nitrogen and oxygen atoms in total. The lowest BCUT2D eigenvalue weighted by Crippen LogP contribution is -2.78. The van der Waals surface area contributed by atoms with Crippen molar-refractivity contribution in [3.05, 3.63) is 0 Å². The summed E-state index contributed by atoms with van der Waals surface area (Å²) >= 11 is 0. The van der Waals surface area contributed by atoms with E-state index in [1.807, 2.05) is 0 Å². The second-order valence-electron chi connectivity index (χ2n) is 16.6. The van der Waals surface area contributed by atoms with Gasteiger partial charge in [-0.1, -0.05) is 0 Å². The van der Waals surface area contributed by atoms with Crippen LogP contribution in [0.4, 0.5) is 220 Å². The number of halogens is 50. The molecule has 0 saturated carbocycles. The Kier molecular flexibility index (Phi) is 26.8. The van der Waals surface area contributed by atoms with Gasteiger partial charge in [-0.2, -0.15) is 220 Å². The highest BCUT2D eigenvalue weighted by molar-refractivity contribution is 7.30. The maximum Gasteiger partial charge on any atom is 0.488 e. The zero-order valence-electron chi connectivity index (χ0n) is 41.1. The van der Waals surface area contributed by atoms with E-state index in [1.165, 1.54) is 0 Å². The van der Waals surface area contributed by atoms with Crippen LogP contribution in [0.15, 0.2) is 0 Å². The third kappa shape index (κ3) is 13.7. The average Bonchev–Trinajstić information content (AvgIpc) is 0.694. The van der Waals surface area contributed by atoms with Crippen molar-refractivity contribution >= 4 is 16.5 Å². The van der Waals surface area contributed by atoms with Gasteiger partial charge in [0.1, 0.15) is 13.2 Å². The molecule has 0 aliphatic heterocycles. The molecule has 0 rings (SSSR count). The molecule has 0 aliphatic carbocycles. The van der Waals surface area contributed by atoms with Crippen LogP contribution in [-0.4, -0.2) is 178 Å². The number of hydrogen-bond acceptors (Lipinski definition) is 8. The lowest BCUT2D eigenvalue weighted by Gasteiger charge is -2.45. The van der Waals surface area contributed by atoms with E-state index in [9.17, 15) is 238 Å². The third-order valence-corrected chi connectivity index (χ3v) is 11.2. The van der Waals surface area contributed by atoms with Gasteiger partial charge in [0, 0.05) is 12.8 Å². The van der Waals surface area contributed by atoms with Crippen LogP contribution in [0, 0.1) is 0 Å². The number of hydrogen-bond donors (Lipinski definition) is 4. The normalized spacial score (nSPS) is 17.1. The van der Waals surface area contributed by atoms with E-state index in [-0.39, 0.29) is 12.3 Å². The van der Waals surface area contributed by atoms with E-state index in [0.29, 0.717) is 0 Å². The summed E-state index contributed by atoms with van der Waals surface area (Å²) < 4.78 is 693. The number of quaternary nitrogens is 2. The zero-order chi connectivity index (χ0) is 74.6. The molecular weight excluding hydrogens is 1530 g/mol. The Morgan fingerprint density at radius 1 is 0.239 bits per heavy atom. The molecule has 92 heavy (non-hydrogen) atoms. The van der Waals surface area contributed by atoms with Gasteiger partial charge in [-0.25, -0.2) is 0 Å². The Morgan fingerprint density at radius 3 is 0.457 bits per heavy atom. The first kappa shape index (κ1) is 94.8. The fourth-order valence-corrected chi connectivity index (χ4v) is 5.82. The van der Waals surface area contributed by atoms with Crippen molar-refractivity contribution in [3.8, 4) is 0 Å². The molecule has 4 unspecified atom stereocenters. The van der Waals surface area contributed by atoms with Crippen LogP contribution in [0.25, 0.3) is 0 Å². The van der Waals surface area contributed by atoms with Gasteiger partial charge in [0.25, 0.3) is 0 Å². The minimum absolute atomic E-state index is 0. The van der Waals surface area contributed by atoms with Gasteiger partial charge in [-0.05, 0) is 9.13 Å². The van der Waals surface area contributed by atoms with E-state index in [2.05, 4.69) is 9.05 Å². The third-order valence-electron chi connectivity index (χ3n) is 10.5. The van der Waals surface area contributed by atoms with E-state index in [4.69, 9.17) is 10.2 Å². The lowest BCUT2D eigenvalue weighted by atomic mass is 9.84. The summed E-state index contributed by atoms with van der Waals surface area (Å²) in [5.41, 5.74) is 0. The fraction of sp³-hybridized carbons (Fsp3) is 1.00. The fourth-order valence-electron chi connectivity index (χ4n) is 5.23. The molecule has 0 bridgehead atoms. The Bertz CT molecular complexity index is 2340. The summed E-state index contributed by atoms with van der Waals surface area (Å²) in [7, 11) is -8.39. The number of aliphatic hydroxyl groups excluding tert-OH is 2. The van der Waals surface area contributed by atoms with Crippen LogP contribution < -0.4 is 22.1 Å². The Labute approximate surface area is 468 Å². The molecule has 4 atom stereocenters. The second kappa shape index (κ2) is 26.0. The van der Waals surface area contributed by atoms with Crippen molar-refractivity contribution in [1.29, 1.82) is 0 Å². The maximum atomic E-state index is 13.7. The van der Waals surface area contributed by atoms with Crippen molar-refractivity contribution in [3.63, 3.8) is 0 Å². The Morgan fingerprint density at radius 2 is 0.348 bits per heavy atom. The molecular formula is C30H20F50N2O8P2+2. The molecule has 0 radical (unpaired) electrons. The molecule has 0 fully saturated rings. The standard InChI is InChI=1S/2C15H6F25O4P.2H3N/c2*16-4(17,1-3(41)2-44-45(42)43)5(18,19)6(20,21)7(22,23)8(24,25)9(26,27)10(28,29)11(30,31)12(32,33)13(34,35)14(36,37)15(38,39)40;;/h2*3,41H,1-2H2;2*1H3/p+2. The first-order valence-corrected chi connectivity index (χ1v) is 21.7. The van der Waals surface area contributed by atoms with E-state index >= 15 is 0 Å². The van der Waals surface area contributed by atoms with Gasteiger partial charge in [-0.15, -0.1) is 9.05 Å². The Hall–Kier alpha value is -3.62. The smallest absolute Gasteiger partial charge is 0.488 e. The van der Waals surface area contributed by atoms with Crippen LogP contribution in [0.3, 0.4) is 0 Å². The summed E-state index contributed by atoms with van der Waals surface area (Å²) in [6, 6.07) is 0. The van der Waals surface area contributed by atoms with Crippen LogP contribution >= 0.6 is 16.5 Å². The largest absolute Gasteiger partial charge is 0.566 e. The summed E-state index contributed by atoms with van der Waals surface area (Å²) in [4.78, 5) is 20.1. The first-order valence-electron chi connectivity index (χ1n) is 19.5. The maximum absolute atomic E-state index is 13.7. The van der Waals surface area contributed by atoms with Gasteiger partial charge in [0.2, 0.25) is 0 Å². The highest BCUT2D eigenvalue weighted by atomic mass is 31.1. The van der Waals surface area contributed by atoms with E-state index in [0.717, 1.165) is 0 Å². The molecule has 10 N–H and O–H groups in total. The van der Waals surface area contributed by atoms with E-state index in [1.54, 1.807) is 0 Å². The monoisotopic (exact) mass is 1550 g/mol. The van der Waals surface area contributed by atoms with Crippen LogP contribution in [0.5, 0.6) is 0 Å². The molecule has 0 heterocycles. The van der Waals surface area contributed by atoms with Crippen molar-refractivity contribution in [1.82, 2.24) is 12.3 Å². The summed E-state index contributed by atoms with van der Waals surface area (Å²) in [6.45, 7) is -4.32. The van der Waals surface area contributed by atoms with E-state index < -0.39 is 197 Å². The number of alkyl halides is 50. The molecule has 556 valence electrons. The van der Waals surface area contributed by atoms with Crippen molar-refractivity contribution < 1.29 is 258 Å². The van der Waals surface area contributed by atoms with Gasteiger partial charge >= 0.3 is 159 Å². The molecule has 0 amide bonds. The molecule has 0 aromatic carbocycles. The van der Waals surface area contributed by atoms with Crippen molar-refractivity contribution in [2.45, 2.75) is 168 Å². The molecule has 0 aromatic heterocycles. The predicted molar refractivity (Wildman–Crippen MR) is 181 cm³/mol. The molecule has 0 aromatic rings. The summed E-state index contributed by atoms with van der Waals surface area (Å²) in [5, 5.41) is 17.7. The molecule has 0 saturated heterocycles. The zero-order valence-corrected chi connectivity index (χ0v) is 42.9. The highest BCUT2D eigenvalue weighted by Crippen LogP contribution is 2.71. The summed E-state index contributed by atoms with van der Waals surface area (Å²) in [6.07, 6.45) is -30.5. The topological polar surface area (TPSA) is 212 Å². The summed E-state index contributed by atoms with van der Waals surface area (Å²) in [5.74, 6) is -200. The predicted octanol–water partition coefficient (Wildman–Crippen LogP) is 15.4. The van der Waals surface area contributed by atoms with Crippen LogP contribution in [0.2, 0.25) is 0 Å². The minimum Gasteiger partial charge on any atom is -0.566 e.